The van der Waals surface area contributed by atoms with Gasteiger partial charge in [0.15, 0.2) is 0 Å². The highest BCUT2D eigenvalue weighted by atomic mass is 35.5. The summed E-state index contributed by atoms with van der Waals surface area (Å²) >= 11 is 6.04. The lowest BCUT2D eigenvalue weighted by Crippen LogP contribution is -2.60. The summed E-state index contributed by atoms with van der Waals surface area (Å²) in [5, 5.41) is 18.1. The van der Waals surface area contributed by atoms with Crippen molar-refractivity contribution in [1.82, 2.24) is 15.5 Å². The summed E-state index contributed by atoms with van der Waals surface area (Å²) in [5.41, 5.74) is -1.53. The Labute approximate surface area is 231 Å². The number of hydrogen-bond acceptors (Lipinski definition) is 5. The molecular weight excluding hydrogens is 506 g/mol. The number of nitrogens with zero attached hydrogens (tertiary/aromatic N) is 1. The Bertz CT molecular complexity index is 1020. The Morgan fingerprint density at radius 3 is 2.32 bits per heavy atom. The number of hydrogen-bond donors (Lipinski definition) is 3. The number of aliphatic hydroxyl groups is 1. The SMILES string of the molecule is CC(C)[C@@H](NC(=O)[C@@H]1CC[C@@H](NC(=O)OC(C)(C)C)C1)C(=O)N1CC[C@](O)(c2ccc(Cl)cc2)C(C)(C)C1. The zero-order valence-corrected chi connectivity index (χ0v) is 24.5. The number of halogens is 1. The van der Waals surface area contributed by atoms with Gasteiger partial charge in [0.25, 0.3) is 0 Å². The van der Waals surface area contributed by atoms with E-state index in [1.54, 1.807) is 17.0 Å². The molecule has 1 aromatic rings. The maximum atomic E-state index is 13.7. The van der Waals surface area contributed by atoms with E-state index < -0.39 is 28.8 Å². The van der Waals surface area contributed by atoms with Crippen LogP contribution >= 0.6 is 11.6 Å². The molecule has 9 heteroatoms. The molecule has 0 bridgehead atoms. The third-order valence-corrected chi connectivity index (χ3v) is 8.09. The van der Waals surface area contributed by atoms with Gasteiger partial charge in [0.2, 0.25) is 11.8 Å². The van der Waals surface area contributed by atoms with Crippen LogP contribution in [0.25, 0.3) is 0 Å². The number of likely N-dealkylation sites (tertiary alicyclic amines) is 1. The third kappa shape index (κ3) is 7.00. The van der Waals surface area contributed by atoms with E-state index in [9.17, 15) is 19.5 Å². The topological polar surface area (TPSA) is 108 Å². The molecule has 3 rings (SSSR count). The Kier molecular flexibility index (Phi) is 9.09. The fourth-order valence-corrected chi connectivity index (χ4v) is 5.70. The van der Waals surface area contributed by atoms with Crippen molar-refractivity contribution in [3.8, 4) is 0 Å². The van der Waals surface area contributed by atoms with E-state index in [1.165, 1.54) is 0 Å². The first-order valence-corrected chi connectivity index (χ1v) is 14.0. The van der Waals surface area contributed by atoms with Crippen LogP contribution < -0.4 is 10.6 Å². The average Bonchev–Trinajstić information content (AvgIpc) is 3.26. The first kappa shape index (κ1) is 30.2. The molecule has 4 atom stereocenters. The van der Waals surface area contributed by atoms with Crippen LogP contribution in [-0.4, -0.2) is 58.7 Å². The Morgan fingerprint density at radius 1 is 1.13 bits per heavy atom. The second-order valence-corrected chi connectivity index (χ2v) is 13.3. The first-order valence-electron chi connectivity index (χ1n) is 13.6. The van der Waals surface area contributed by atoms with Gasteiger partial charge in [0, 0.05) is 35.5 Å². The molecule has 1 saturated carbocycles. The molecule has 0 spiro atoms. The molecule has 1 aromatic carbocycles. The van der Waals surface area contributed by atoms with Crippen molar-refractivity contribution in [2.75, 3.05) is 13.1 Å². The number of carbonyl (C=O) groups is 3. The quantitative estimate of drug-likeness (QED) is 0.480. The maximum Gasteiger partial charge on any atom is 0.407 e. The monoisotopic (exact) mass is 549 g/mol. The smallest absolute Gasteiger partial charge is 0.407 e. The molecule has 1 saturated heterocycles. The van der Waals surface area contributed by atoms with Gasteiger partial charge in [-0.2, -0.15) is 0 Å². The zero-order valence-electron chi connectivity index (χ0n) is 23.8. The molecule has 2 fully saturated rings. The number of piperidine rings is 1. The highest BCUT2D eigenvalue weighted by Crippen LogP contribution is 2.46. The highest BCUT2D eigenvalue weighted by molar-refractivity contribution is 6.30. The summed E-state index contributed by atoms with van der Waals surface area (Å²) in [5.74, 6) is -0.694. The van der Waals surface area contributed by atoms with Crippen molar-refractivity contribution >= 4 is 29.5 Å². The van der Waals surface area contributed by atoms with Crippen molar-refractivity contribution in [2.24, 2.45) is 17.3 Å². The molecule has 3 N–H and O–H groups in total. The zero-order chi connectivity index (χ0) is 28.5. The van der Waals surface area contributed by atoms with Crippen LogP contribution in [0.5, 0.6) is 0 Å². The van der Waals surface area contributed by atoms with Crippen molar-refractivity contribution in [3.63, 3.8) is 0 Å². The van der Waals surface area contributed by atoms with Crippen LogP contribution in [-0.2, 0) is 19.9 Å². The number of ether oxygens (including phenoxy) is 1. The van der Waals surface area contributed by atoms with Gasteiger partial charge in [0.1, 0.15) is 11.6 Å². The van der Waals surface area contributed by atoms with E-state index in [0.717, 1.165) is 5.56 Å². The van der Waals surface area contributed by atoms with E-state index in [2.05, 4.69) is 10.6 Å². The van der Waals surface area contributed by atoms with Crippen molar-refractivity contribution in [3.05, 3.63) is 34.9 Å². The minimum Gasteiger partial charge on any atom is -0.444 e. The summed E-state index contributed by atoms with van der Waals surface area (Å²) in [4.78, 5) is 40.7. The van der Waals surface area contributed by atoms with Gasteiger partial charge in [-0.15, -0.1) is 0 Å². The molecule has 0 aromatic heterocycles. The fourth-order valence-electron chi connectivity index (χ4n) is 5.58. The fraction of sp³-hybridized carbons (Fsp3) is 0.690. The molecule has 1 aliphatic carbocycles. The Morgan fingerprint density at radius 2 is 1.76 bits per heavy atom. The Balaban J connectivity index is 1.62. The second kappa shape index (κ2) is 11.4. The van der Waals surface area contributed by atoms with Crippen molar-refractivity contribution in [2.45, 2.75) is 97.4 Å². The van der Waals surface area contributed by atoms with Crippen molar-refractivity contribution in [1.29, 1.82) is 0 Å². The highest BCUT2D eigenvalue weighted by Gasteiger charge is 2.50. The summed E-state index contributed by atoms with van der Waals surface area (Å²) in [6.45, 7) is 13.9. The minimum atomic E-state index is -1.11. The molecule has 212 valence electrons. The number of benzene rings is 1. The van der Waals surface area contributed by atoms with Gasteiger partial charge in [-0.1, -0.05) is 51.4 Å². The molecular formula is C29H44ClN3O5. The molecule has 38 heavy (non-hydrogen) atoms. The summed E-state index contributed by atoms with van der Waals surface area (Å²) in [7, 11) is 0. The summed E-state index contributed by atoms with van der Waals surface area (Å²) in [6, 6.07) is 6.41. The van der Waals surface area contributed by atoms with Crippen LogP contribution in [0.4, 0.5) is 4.79 Å². The molecule has 3 amide bonds. The lowest BCUT2D eigenvalue weighted by Gasteiger charge is -2.51. The predicted molar refractivity (Wildman–Crippen MR) is 148 cm³/mol. The van der Waals surface area contributed by atoms with E-state index in [0.29, 0.717) is 43.8 Å². The summed E-state index contributed by atoms with van der Waals surface area (Å²) < 4.78 is 5.33. The van der Waals surface area contributed by atoms with Crippen LogP contribution in [0.1, 0.15) is 79.7 Å². The van der Waals surface area contributed by atoms with Crippen molar-refractivity contribution < 1.29 is 24.2 Å². The van der Waals surface area contributed by atoms with Crippen LogP contribution in [0.15, 0.2) is 24.3 Å². The van der Waals surface area contributed by atoms with Crippen LogP contribution in [0, 0.1) is 17.3 Å². The molecule has 2 aliphatic rings. The van der Waals surface area contributed by atoms with E-state index in [-0.39, 0.29) is 29.7 Å². The molecule has 0 radical (unpaired) electrons. The number of rotatable bonds is 6. The number of carbonyl (C=O) groups excluding carboxylic acids is 3. The van der Waals surface area contributed by atoms with Gasteiger partial charge in [0.05, 0.1) is 5.60 Å². The van der Waals surface area contributed by atoms with Gasteiger partial charge in [-0.25, -0.2) is 4.79 Å². The normalized spacial score (nSPS) is 26.1. The molecule has 0 unspecified atom stereocenters. The standard InChI is InChI=1S/C29H44ClN3O5/c1-18(2)23(32-24(34)19-8-13-22(16-19)31-26(36)38-27(3,4)5)25(35)33-15-14-29(37,28(6,7)17-33)20-9-11-21(30)12-10-20/h9-12,18-19,22-23,37H,8,13-17H2,1-7H3,(H,31,36)(H,32,34)/t19-,22-,23-,29+/m1/s1. The number of nitrogens with one attached hydrogen (secondary N) is 2. The van der Waals surface area contributed by atoms with E-state index in [4.69, 9.17) is 16.3 Å². The first-order chi connectivity index (χ1) is 17.5. The lowest BCUT2D eigenvalue weighted by molar-refractivity contribution is -0.157. The number of amides is 3. The molecule has 8 nitrogen and oxygen atoms in total. The van der Waals surface area contributed by atoms with Gasteiger partial charge < -0.3 is 25.4 Å². The Hall–Kier alpha value is -2.32. The molecule has 1 heterocycles. The lowest BCUT2D eigenvalue weighted by atomic mass is 9.66. The molecule has 1 aliphatic heterocycles. The predicted octanol–water partition coefficient (Wildman–Crippen LogP) is 4.62. The van der Waals surface area contributed by atoms with E-state index >= 15 is 0 Å². The van der Waals surface area contributed by atoms with Gasteiger partial charge in [-0.05, 0) is 70.1 Å². The van der Waals surface area contributed by atoms with Gasteiger partial charge >= 0.3 is 6.09 Å². The van der Waals surface area contributed by atoms with Crippen LogP contribution in [0.3, 0.4) is 0 Å². The summed E-state index contributed by atoms with van der Waals surface area (Å²) in [6.07, 6.45) is 1.73. The number of alkyl carbamates (subject to hydrolysis) is 1. The maximum absolute atomic E-state index is 13.7. The van der Waals surface area contributed by atoms with Crippen LogP contribution in [0.2, 0.25) is 5.02 Å². The average molecular weight is 550 g/mol. The third-order valence-electron chi connectivity index (χ3n) is 7.84. The minimum absolute atomic E-state index is 0.108. The van der Waals surface area contributed by atoms with Gasteiger partial charge in [-0.3, -0.25) is 9.59 Å². The largest absolute Gasteiger partial charge is 0.444 e. The second-order valence-electron chi connectivity index (χ2n) is 12.8. The van der Waals surface area contributed by atoms with E-state index in [1.807, 2.05) is 60.6 Å².